The highest BCUT2D eigenvalue weighted by atomic mass is 32.2. The number of primary amides is 1. The molecule has 18 N–H and O–H groups in total. The summed E-state index contributed by atoms with van der Waals surface area (Å²) in [5.41, 5.74) is 23.4. The molecule has 1 aliphatic rings. The zero-order valence-electron chi connectivity index (χ0n) is 44.8. The van der Waals surface area contributed by atoms with Gasteiger partial charge in [0.05, 0.1) is 19.1 Å². The highest BCUT2D eigenvalue weighted by Gasteiger charge is 2.40. The van der Waals surface area contributed by atoms with Crippen LogP contribution in [0.4, 0.5) is 0 Å². The van der Waals surface area contributed by atoms with Gasteiger partial charge in [0, 0.05) is 13.1 Å². The third kappa shape index (κ3) is 23.0. The minimum absolute atomic E-state index is 0.00522. The number of carboxylic acids is 1. The number of carboxylic acid groups (broad SMARTS) is 1. The number of amides is 10. The Morgan fingerprint density at radius 3 is 1.82 bits per heavy atom. The predicted molar refractivity (Wildman–Crippen MR) is 285 cm³/mol. The number of nitrogens with zero attached hydrogens (tertiary/aromatic N) is 2. The first kappa shape index (κ1) is 66.0. The van der Waals surface area contributed by atoms with E-state index in [4.69, 9.17) is 28.0 Å². The summed E-state index contributed by atoms with van der Waals surface area (Å²) in [6.07, 6.45) is 2.07. The topological polar surface area (TPSA) is 444 Å². The molecule has 0 spiro atoms. The number of hydrogen-bond donors (Lipinski definition) is 14. The fourth-order valence-corrected chi connectivity index (χ4v) is 8.43. The molecule has 27 nitrogen and oxygen atoms in total. The van der Waals surface area contributed by atoms with Crippen molar-refractivity contribution in [1.82, 2.24) is 47.4 Å². The largest absolute Gasteiger partial charge is 0.480 e. The van der Waals surface area contributed by atoms with Crippen LogP contribution >= 0.6 is 11.8 Å². The van der Waals surface area contributed by atoms with Gasteiger partial charge in [-0.3, -0.25) is 57.7 Å². The first-order chi connectivity index (χ1) is 36.2. The number of aliphatic carboxylic acids is 1. The molecular weight excluding hydrogens is 1020 g/mol. The molecule has 0 bridgehead atoms. The second-order valence-electron chi connectivity index (χ2n) is 19.5. The minimum atomic E-state index is -1.76. The summed E-state index contributed by atoms with van der Waals surface area (Å²) in [5.74, 6) is -10.4. The van der Waals surface area contributed by atoms with Crippen molar-refractivity contribution in [3.63, 3.8) is 0 Å². The van der Waals surface area contributed by atoms with Crippen molar-refractivity contribution in [2.45, 2.75) is 153 Å². The molecule has 0 aliphatic carbocycles. The fraction of sp³-hybridized carbons (Fsp3) is 0.633. The van der Waals surface area contributed by atoms with Crippen LogP contribution in [0.2, 0.25) is 0 Å². The third-order valence-corrected chi connectivity index (χ3v) is 12.8. The van der Waals surface area contributed by atoms with E-state index in [-0.39, 0.29) is 63.5 Å². The Kier molecular flexibility index (Phi) is 28.4. The molecule has 10 atom stereocenters. The van der Waals surface area contributed by atoms with Crippen molar-refractivity contribution in [1.29, 1.82) is 0 Å². The van der Waals surface area contributed by atoms with Crippen LogP contribution in [0.3, 0.4) is 0 Å². The number of benzene rings is 1. The number of thioether (sulfide) groups is 1. The molecule has 0 saturated carbocycles. The van der Waals surface area contributed by atoms with Crippen molar-refractivity contribution in [2.75, 3.05) is 31.7 Å². The molecule has 1 fully saturated rings. The number of aliphatic hydroxyl groups is 1. The highest BCUT2D eigenvalue weighted by molar-refractivity contribution is 7.98. The fourth-order valence-electron chi connectivity index (χ4n) is 7.96. The van der Waals surface area contributed by atoms with Crippen molar-refractivity contribution in [2.24, 2.45) is 39.8 Å². The number of aliphatic imine (C=N–C) groups is 1. The van der Waals surface area contributed by atoms with Crippen LogP contribution in [-0.2, 0) is 59.2 Å². The summed E-state index contributed by atoms with van der Waals surface area (Å²) >= 11 is 1.39. The third-order valence-electron chi connectivity index (χ3n) is 12.2. The van der Waals surface area contributed by atoms with Gasteiger partial charge in [0.2, 0.25) is 59.1 Å². The molecule has 1 aliphatic heterocycles. The van der Waals surface area contributed by atoms with Crippen LogP contribution in [-0.4, -0.2) is 178 Å². The van der Waals surface area contributed by atoms with Crippen molar-refractivity contribution < 1.29 is 63.0 Å². The number of guanidine groups is 1. The monoisotopic (exact) mass is 1100 g/mol. The van der Waals surface area contributed by atoms with E-state index in [2.05, 4.69) is 47.5 Å². The number of rotatable bonds is 33. The van der Waals surface area contributed by atoms with E-state index in [1.54, 1.807) is 58.2 Å². The molecule has 1 aromatic carbocycles. The number of nitrogens with one attached hydrogen (secondary N) is 8. The molecule has 77 heavy (non-hydrogen) atoms. The Morgan fingerprint density at radius 1 is 0.688 bits per heavy atom. The van der Waals surface area contributed by atoms with Crippen LogP contribution in [0.5, 0.6) is 0 Å². The molecule has 1 heterocycles. The maximum Gasteiger partial charge on any atom is 0.325 e. The van der Waals surface area contributed by atoms with E-state index in [9.17, 15) is 57.8 Å². The molecule has 0 aromatic heterocycles. The Bertz CT molecular complexity index is 2240. The SMILES string of the molecule is CSCC[C@H](NC(=O)[C@H](CCCN=C(N)N)NC(=O)[C@@H](N)Cc1ccccc1)C(=O)N[C@H](C(=O)N[C@@H](CC(C)C)C(=O)N[C@@H](CO)C(=O)N[C@@H](CC(N)=O)C(=O)N1CCC[C@H]1C(=O)N[C@@H](C)C(=O)N[C@@H](C)C(=O)O)C(C)C. The van der Waals surface area contributed by atoms with Crippen LogP contribution in [0.15, 0.2) is 35.3 Å². The lowest BCUT2D eigenvalue weighted by Gasteiger charge is -2.30. The van der Waals surface area contributed by atoms with Gasteiger partial charge < -0.3 is 80.6 Å². The number of hydrogen-bond acceptors (Lipinski definition) is 15. The van der Waals surface area contributed by atoms with Gasteiger partial charge in [0.15, 0.2) is 5.96 Å². The normalized spacial score (nSPS) is 16.6. The smallest absolute Gasteiger partial charge is 0.325 e. The summed E-state index contributed by atoms with van der Waals surface area (Å²) < 4.78 is 0. The number of nitrogens with two attached hydrogens (primary N) is 4. The first-order valence-electron chi connectivity index (χ1n) is 25.4. The molecule has 430 valence electrons. The summed E-state index contributed by atoms with van der Waals surface area (Å²) in [6, 6.07) is -4.12. The number of carbonyl (C=O) groups excluding carboxylic acids is 10. The van der Waals surface area contributed by atoms with Gasteiger partial charge in [-0.05, 0) is 88.2 Å². The Balaban J connectivity index is 2.27. The minimum Gasteiger partial charge on any atom is -0.480 e. The van der Waals surface area contributed by atoms with E-state index in [1.807, 2.05) is 6.07 Å². The molecule has 1 aromatic rings. The van der Waals surface area contributed by atoms with Gasteiger partial charge in [0.25, 0.3) is 0 Å². The van der Waals surface area contributed by atoms with Crippen LogP contribution in [0, 0.1) is 11.8 Å². The standard InChI is InChI=1S/C49H80N14O13S/c1-25(2)21-33(43(70)61-35(24-64)44(71)60-34(23-37(51)65)47(74)63-19-12-16-36(63)45(72)55-27(5)39(66)56-28(6)48(75)76)59-46(73)38(26(3)4)62-42(69)32(17-20-77-7)58-41(68)31(15-11-18-54-49(52)53)57-40(67)30(50)22-29-13-9-8-10-14-29/h8-10,13-14,25-28,30-36,38,64H,11-12,15-24,50H2,1-7H3,(H2,51,65)(H,55,72)(H,56,66)(H,57,67)(H,58,68)(H,59,73)(H,60,71)(H,61,70)(H,62,69)(H,75,76)(H4,52,53,54)/t27-,28-,30-,31-,32-,33-,34-,35-,36-,38-/m0/s1. The quantitative estimate of drug-likeness (QED) is 0.0181. The average Bonchev–Trinajstić information content (AvgIpc) is 3.86. The second kappa shape index (κ2) is 33.2. The number of carbonyl (C=O) groups is 11. The molecule has 10 amide bonds. The summed E-state index contributed by atoms with van der Waals surface area (Å²) in [4.78, 5) is 151. The first-order valence-corrected chi connectivity index (χ1v) is 26.8. The lowest BCUT2D eigenvalue weighted by atomic mass is 9.99. The van der Waals surface area contributed by atoms with Crippen LogP contribution < -0.4 is 65.5 Å². The maximum absolute atomic E-state index is 14.1. The lowest BCUT2D eigenvalue weighted by molar-refractivity contribution is -0.144. The lowest BCUT2D eigenvalue weighted by Crippen LogP contribution is -2.61. The molecule has 28 heteroatoms. The van der Waals surface area contributed by atoms with Gasteiger partial charge in [-0.2, -0.15) is 11.8 Å². The predicted octanol–water partition coefficient (Wildman–Crippen LogP) is -4.07. The van der Waals surface area contributed by atoms with E-state index in [1.165, 1.54) is 25.6 Å². The van der Waals surface area contributed by atoms with Gasteiger partial charge in [0.1, 0.15) is 54.4 Å². The van der Waals surface area contributed by atoms with Gasteiger partial charge in [-0.15, -0.1) is 0 Å². The average molecular weight is 1110 g/mol. The number of aliphatic hydroxyl groups excluding tert-OH is 1. The second-order valence-corrected chi connectivity index (χ2v) is 20.5. The van der Waals surface area contributed by atoms with Gasteiger partial charge in [-0.25, -0.2) is 0 Å². The molecule has 1 saturated heterocycles. The van der Waals surface area contributed by atoms with Gasteiger partial charge >= 0.3 is 5.97 Å². The molecular formula is C49H80N14O13S. The Hall–Kier alpha value is -7.07. The molecule has 0 radical (unpaired) electrons. The van der Waals surface area contributed by atoms with E-state index < -0.39 is 144 Å². The van der Waals surface area contributed by atoms with E-state index in [0.717, 1.165) is 10.5 Å². The highest BCUT2D eigenvalue weighted by Crippen LogP contribution is 2.20. The zero-order chi connectivity index (χ0) is 58.1. The maximum atomic E-state index is 14.1. The summed E-state index contributed by atoms with van der Waals surface area (Å²) in [5, 5.41) is 39.6. The zero-order valence-corrected chi connectivity index (χ0v) is 45.6. The van der Waals surface area contributed by atoms with Crippen molar-refractivity contribution >= 4 is 82.8 Å². The summed E-state index contributed by atoms with van der Waals surface area (Å²) in [7, 11) is 0. The summed E-state index contributed by atoms with van der Waals surface area (Å²) in [6.45, 7) is 8.41. The van der Waals surface area contributed by atoms with Crippen molar-refractivity contribution in [3.8, 4) is 0 Å². The molecule has 2 rings (SSSR count). The van der Waals surface area contributed by atoms with Crippen molar-refractivity contribution in [3.05, 3.63) is 35.9 Å². The van der Waals surface area contributed by atoms with Gasteiger partial charge in [-0.1, -0.05) is 58.0 Å². The van der Waals surface area contributed by atoms with Crippen LogP contribution in [0.1, 0.15) is 92.1 Å². The number of likely N-dealkylation sites (tertiary alicyclic amines) is 1. The van der Waals surface area contributed by atoms with E-state index >= 15 is 0 Å². The Morgan fingerprint density at radius 2 is 1.25 bits per heavy atom. The molecule has 0 unspecified atom stereocenters. The van der Waals surface area contributed by atoms with E-state index in [0.29, 0.717) is 12.2 Å². The Labute approximate surface area is 452 Å². The van der Waals surface area contributed by atoms with Crippen LogP contribution in [0.25, 0.3) is 0 Å².